The Hall–Kier alpha value is -2.16. The van der Waals surface area contributed by atoms with Gasteiger partial charge in [-0.25, -0.2) is 0 Å². The van der Waals surface area contributed by atoms with Gasteiger partial charge in [0.05, 0.1) is 12.6 Å². The highest BCUT2D eigenvalue weighted by Gasteiger charge is 2.23. The van der Waals surface area contributed by atoms with Crippen molar-refractivity contribution in [1.29, 1.82) is 5.26 Å². The molecule has 0 saturated carbocycles. The number of carbonyl (C=O) groups excluding carboxylic acids is 1. The lowest BCUT2D eigenvalue weighted by atomic mass is 9.87. The Morgan fingerprint density at radius 2 is 1.96 bits per heavy atom. The number of fused-ring (bicyclic) bond motifs is 1. The summed E-state index contributed by atoms with van der Waals surface area (Å²) in [5.41, 5.74) is 4.52. The van der Waals surface area contributed by atoms with Crippen LogP contribution in [0, 0.1) is 11.3 Å². The Kier molecular flexibility index (Phi) is 5.69. The maximum Gasteiger partial charge on any atom is 0.280 e. The number of carbonyl (C=O) groups is 1. The minimum Gasteiger partial charge on any atom is -0.326 e. The van der Waals surface area contributed by atoms with Crippen LogP contribution in [0.3, 0.4) is 0 Å². The van der Waals surface area contributed by atoms with E-state index in [1.165, 1.54) is 16.0 Å². The van der Waals surface area contributed by atoms with Crippen molar-refractivity contribution in [2.24, 2.45) is 0 Å². The van der Waals surface area contributed by atoms with E-state index < -0.39 is 0 Å². The van der Waals surface area contributed by atoms with Crippen molar-refractivity contribution in [3.8, 4) is 6.07 Å². The highest BCUT2D eigenvalue weighted by Crippen LogP contribution is 2.38. The highest BCUT2D eigenvalue weighted by molar-refractivity contribution is 7.16. The number of aryl methyl sites for hydroxylation is 1. The zero-order valence-electron chi connectivity index (χ0n) is 16.6. The summed E-state index contributed by atoms with van der Waals surface area (Å²) in [6, 6.07) is 10.9. The Balaban J connectivity index is 1.58. The van der Waals surface area contributed by atoms with Gasteiger partial charge in [-0.05, 0) is 35.8 Å². The number of nitriles is 1. The van der Waals surface area contributed by atoms with Gasteiger partial charge in [-0.15, -0.1) is 11.3 Å². The molecule has 3 rings (SSSR count). The molecular formula is C22H28N3OS+. The van der Waals surface area contributed by atoms with Gasteiger partial charge in [0.15, 0.2) is 6.54 Å². The molecule has 1 aromatic carbocycles. The molecule has 1 unspecified atom stereocenters. The number of hydrogen-bond donors (Lipinski definition) is 2. The SMILES string of the molecule is C[NH+](CC(=O)Nc1sc2c(c1C#N)CCC2)Cc1ccc(C(C)(C)C)cc1. The van der Waals surface area contributed by atoms with Gasteiger partial charge < -0.3 is 10.2 Å². The summed E-state index contributed by atoms with van der Waals surface area (Å²) in [5, 5.41) is 13.1. The molecule has 1 aliphatic carbocycles. The summed E-state index contributed by atoms with van der Waals surface area (Å²) >= 11 is 1.57. The standard InChI is InChI=1S/C22H27N3OS/c1-22(2,3)16-10-8-15(9-11-16)13-25(4)14-20(26)24-21-18(12-23)17-6-5-7-19(17)27-21/h8-11H,5-7,13-14H2,1-4H3,(H,24,26)/p+1. The summed E-state index contributed by atoms with van der Waals surface area (Å²) in [6.45, 7) is 7.80. The van der Waals surface area contributed by atoms with Crippen LogP contribution in [-0.2, 0) is 29.6 Å². The Morgan fingerprint density at radius 1 is 1.26 bits per heavy atom. The second-order valence-corrected chi connectivity index (χ2v) is 9.58. The lowest BCUT2D eigenvalue weighted by molar-refractivity contribution is -0.885. The van der Waals surface area contributed by atoms with Gasteiger partial charge in [0.2, 0.25) is 0 Å². The van der Waals surface area contributed by atoms with E-state index in [1.807, 2.05) is 7.05 Å². The number of anilines is 1. The van der Waals surface area contributed by atoms with Gasteiger partial charge in [-0.3, -0.25) is 4.79 Å². The molecule has 27 heavy (non-hydrogen) atoms. The summed E-state index contributed by atoms with van der Waals surface area (Å²) in [5.74, 6) is -0.0322. The second-order valence-electron chi connectivity index (χ2n) is 8.48. The van der Waals surface area contributed by atoms with Crippen molar-refractivity contribution in [2.45, 2.75) is 52.0 Å². The molecule has 0 fully saturated rings. The zero-order valence-corrected chi connectivity index (χ0v) is 17.4. The molecule has 1 amide bonds. The van der Waals surface area contributed by atoms with Crippen LogP contribution >= 0.6 is 11.3 Å². The number of nitrogens with zero attached hydrogens (tertiary/aromatic N) is 1. The zero-order chi connectivity index (χ0) is 19.6. The summed E-state index contributed by atoms with van der Waals surface area (Å²) < 4.78 is 0. The van der Waals surface area contributed by atoms with Crippen molar-refractivity contribution in [2.75, 3.05) is 18.9 Å². The van der Waals surface area contributed by atoms with Gasteiger partial charge in [0.1, 0.15) is 17.6 Å². The van der Waals surface area contributed by atoms with E-state index in [0.717, 1.165) is 41.3 Å². The van der Waals surface area contributed by atoms with Gasteiger partial charge in [0, 0.05) is 10.4 Å². The van der Waals surface area contributed by atoms with Crippen LogP contribution in [0.5, 0.6) is 0 Å². The molecule has 0 spiro atoms. The Bertz CT molecular complexity index is 869. The predicted molar refractivity (Wildman–Crippen MR) is 110 cm³/mol. The maximum atomic E-state index is 12.5. The minimum absolute atomic E-state index is 0.0322. The highest BCUT2D eigenvalue weighted by atomic mass is 32.1. The largest absolute Gasteiger partial charge is 0.326 e. The van der Waals surface area contributed by atoms with Crippen molar-refractivity contribution in [3.05, 3.63) is 51.4 Å². The average molecular weight is 383 g/mol. The fourth-order valence-electron chi connectivity index (χ4n) is 3.59. The van der Waals surface area contributed by atoms with Gasteiger partial charge in [0.25, 0.3) is 5.91 Å². The van der Waals surface area contributed by atoms with Crippen LogP contribution in [0.4, 0.5) is 5.00 Å². The number of benzene rings is 1. The molecule has 1 heterocycles. The molecule has 2 aromatic rings. The number of hydrogen-bond acceptors (Lipinski definition) is 3. The molecule has 5 heteroatoms. The van der Waals surface area contributed by atoms with E-state index in [2.05, 4.69) is 56.4 Å². The molecule has 0 radical (unpaired) electrons. The third kappa shape index (κ3) is 4.58. The van der Waals surface area contributed by atoms with Crippen LogP contribution in [0.25, 0.3) is 0 Å². The van der Waals surface area contributed by atoms with Crippen molar-refractivity contribution < 1.29 is 9.69 Å². The van der Waals surface area contributed by atoms with E-state index >= 15 is 0 Å². The maximum absolute atomic E-state index is 12.5. The lowest BCUT2D eigenvalue weighted by Gasteiger charge is -2.19. The molecule has 1 aromatic heterocycles. The van der Waals surface area contributed by atoms with Crippen molar-refractivity contribution in [1.82, 2.24) is 0 Å². The quantitative estimate of drug-likeness (QED) is 0.835. The first-order chi connectivity index (χ1) is 12.8. The van der Waals surface area contributed by atoms with Gasteiger partial charge >= 0.3 is 0 Å². The number of thiophene rings is 1. The van der Waals surface area contributed by atoms with Crippen LogP contribution in [0.2, 0.25) is 0 Å². The molecule has 4 nitrogen and oxygen atoms in total. The predicted octanol–water partition coefficient (Wildman–Crippen LogP) is 3.06. The third-order valence-corrected chi connectivity index (χ3v) is 6.28. The number of quaternary nitrogens is 1. The van der Waals surface area contributed by atoms with Crippen LogP contribution in [0.15, 0.2) is 24.3 Å². The van der Waals surface area contributed by atoms with E-state index in [4.69, 9.17) is 0 Å². The molecule has 1 atom stereocenters. The molecule has 0 bridgehead atoms. The van der Waals surface area contributed by atoms with E-state index in [9.17, 15) is 10.1 Å². The normalized spacial score (nSPS) is 14.5. The van der Waals surface area contributed by atoms with Crippen molar-refractivity contribution in [3.63, 3.8) is 0 Å². The molecule has 0 aliphatic heterocycles. The van der Waals surface area contributed by atoms with E-state index in [1.54, 1.807) is 11.3 Å². The fourth-order valence-corrected chi connectivity index (χ4v) is 4.84. The molecule has 0 saturated heterocycles. The smallest absolute Gasteiger partial charge is 0.280 e. The number of amides is 1. The van der Waals surface area contributed by atoms with Crippen LogP contribution in [-0.4, -0.2) is 19.5 Å². The topological polar surface area (TPSA) is 57.3 Å². The summed E-state index contributed by atoms with van der Waals surface area (Å²) in [7, 11) is 2.02. The molecule has 2 N–H and O–H groups in total. The third-order valence-electron chi connectivity index (χ3n) is 5.07. The first-order valence-corrected chi connectivity index (χ1v) is 10.3. The minimum atomic E-state index is -0.0322. The Labute approximate surface area is 165 Å². The second kappa shape index (κ2) is 7.84. The monoisotopic (exact) mass is 382 g/mol. The molecule has 142 valence electrons. The van der Waals surface area contributed by atoms with Gasteiger partial charge in [-0.1, -0.05) is 45.0 Å². The number of nitrogens with one attached hydrogen (secondary N) is 2. The summed E-state index contributed by atoms with van der Waals surface area (Å²) in [4.78, 5) is 14.8. The number of rotatable bonds is 5. The Morgan fingerprint density at radius 3 is 2.59 bits per heavy atom. The van der Waals surface area contributed by atoms with E-state index in [0.29, 0.717) is 12.1 Å². The van der Waals surface area contributed by atoms with E-state index in [-0.39, 0.29) is 11.3 Å². The first-order valence-electron chi connectivity index (χ1n) is 9.53. The van der Waals surface area contributed by atoms with Crippen molar-refractivity contribution >= 4 is 22.2 Å². The molecule has 1 aliphatic rings. The fraction of sp³-hybridized carbons (Fsp3) is 0.455. The van der Waals surface area contributed by atoms with Crippen LogP contribution in [0.1, 0.15) is 54.3 Å². The molecular weight excluding hydrogens is 354 g/mol. The van der Waals surface area contributed by atoms with Gasteiger partial charge in [-0.2, -0.15) is 5.26 Å². The number of likely N-dealkylation sites (N-methyl/N-ethyl adjacent to an activating group) is 1. The van der Waals surface area contributed by atoms with Crippen LogP contribution < -0.4 is 10.2 Å². The summed E-state index contributed by atoms with van der Waals surface area (Å²) in [6.07, 6.45) is 3.10. The lowest BCUT2D eigenvalue weighted by Crippen LogP contribution is -3.08. The average Bonchev–Trinajstić information content (AvgIpc) is 3.14. The first kappa shape index (κ1) is 19.6.